The van der Waals surface area contributed by atoms with E-state index in [-0.39, 0.29) is 12.4 Å². The summed E-state index contributed by atoms with van der Waals surface area (Å²) in [6, 6.07) is 9.78. The highest BCUT2D eigenvalue weighted by molar-refractivity contribution is 7.89. The molecule has 0 aromatic heterocycles. The van der Waals surface area contributed by atoms with Gasteiger partial charge >= 0.3 is 0 Å². The van der Waals surface area contributed by atoms with Crippen molar-refractivity contribution in [2.75, 3.05) is 26.1 Å². The van der Waals surface area contributed by atoms with E-state index in [0.717, 1.165) is 12.0 Å². The Bertz CT molecular complexity index is 419. The highest BCUT2D eigenvalue weighted by atomic mass is 32.2. The van der Waals surface area contributed by atoms with Crippen molar-refractivity contribution in [2.24, 2.45) is 0 Å². The van der Waals surface area contributed by atoms with Gasteiger partial charge in [0.25, 0.3) is 0 Å². The summed E-state index contributed by atoms with van der Waals surface area (Å²) in [6.45, 7) is 0.556. The van der Waals surface area contributed by atoms with Crippen molar-refractivity contribution in [3.63, 3.8) is 0 Å². The Morgan fingerprint density at radius 2 is 1.89 bits per heavy atom. The van der Waals surface area contributed by atoms with Gasteiger partial charge in [0, 0.05) is 7.11 Å². The maximum absolute atomic E-state index is 11.5. The lowest BCUT2D eigenvalue weighted by molar-refractivity contribution is 0.0438. The molecule has 0 fully saturated rings. The third kappa shape index (κ3) is 6.70. The van der Waals surface area contributed by atoms with Crippen molar-refractivity contribution < 1.29 is 18.0 Å². The highest BCUT2D eigenvalue weighted by Crippen LogP contribution is 2.03. The fourth-order valence-electron chi connectivity index (χ4n) is 1.41. The smallest absolute Gasteiger partial charge is 0.233 e. The summed E-state index contributed by atoms with van der Waals surface area (Å²) < 4.78 is 27.7. The third-order valence-corrected chi connectivity index (χ3v) is 3.49. The Morgan fingerprint density at radius 3 is 2.56 bits per heavy atom. The van der Waals surface area contributed by atoms with Crippen LogP contribution in [0.4, 0.5) is 0 Å². The molecule has 5 nitrogen and oxygen atoms in total. The normalized spacial score (nSPS) is 11.6. The molecule has 0 amide bonds. The minimum absolute atomic E-state index is 0.0505. The van der Waals surface area contributed by atoms with Crippen molar-refractivity contribution in [2.45, 2.75) is 12.8 Å². The Hall–Kier alpha value is -0.950. The summed E-state index contributed by atoms with van der Waals surface area (Å²) in [6.07, 6.45) is 1.30. The molecule has 0 unspecified atom stereocenters. The molecule has 0 radical (unpaired) electrons. The zero-order chi connectivity index (χ0) is 13.3. The number of aryl methyl sites for hydroxylation is 1. The minimum Gasteiger partial charge on any atom is -0.382 e. The molecule has 0 saturated carbocycles. The van der Waals surface area contributed by atoms with E-state index < -0.39 is 10.0 Å². The number of ether oxygens (including phenoxy) is 1. The van der Waals surface area contributed by atoms with E-state index in [9.17, 15) is 8.42 Å². The van der Waals surface area contributed by atoms with Crippen molar-refractivity contribution in [3.05, 3.63) is 35.9 Å². The maximum Gasteiger partial charge on any atom is 0.233 e. The summed E-state index contributed by atoms with van der Waals surface area (Å²) in [4.78, 5) is 6.85. The molecule has 18 heavy (non-hydrogen) atoms. The lowest BCUT2D eigenvalue weighted by atomic mass is 10.1. The van der Waals surface area contributed by atoms with E-state index in [1.807, 2.05) is 30.3 Å². The molecule has 1 aromatic carbocycles. The predicted molar refractivity (Wildman–Crippen MR) is 69.5 cm³/mol. The fraction of sp³-hybridized carbons (Fsp3) is 0.500. The van der Waals surface area contributed by atoms with Crippen LogP contribution < -0.4 is 4.89 Å². The van der Waals surface area contributed by atoms with Crippen LogP contribution in [-0.4, -0.2) is 34.5 Å². The van der Waals surface area contributed by atoms with E-state index in [0.29, 0.717) is 13.0 Å². The zero-order valence-electron chi connectivity index (χ0n) is 10.5. The molecule has 0 atom stereocenters. The predicted octanol–water partition coefficient (Wildman–Crippen LogP) is 1.12. The molecule has 1 rings (SSSR count). The van der Waals surface area contributed by atoms with Crippen molar-refractivity contribution in [3.8, 4) is 0 Å². The number of hydrogen-bond acceptors (Lipinski definition) is 4. The van der Waals surface area contributed by atoms with E-state index in [4.69, 9.17) is 9.57 Å². The Balaban J connectivity index is 2.21. The standard InChI is InChI=1S/C12H19NO4S/c1-16-9-10-17-13-18(14,15)11-5-8-12-6-3-2-4-7-12/h2-4,6-7,13H,5,8-11H2,1H3. The van der Waals surface area contributed by atoms with Gasteiger partial charge in [-0.3, -0.25) is 4.84 Å². The van der Waals surface area contributed by atoms with Crippen LogP contribution in [0.2, 0.25) is 0 Å². The first-order valence-electron chi connectivity index (χ1n) is 5.78. The summed E-state index contributed by atoms with van der Waals surface area (Å²) in [5, 5.41) is 0. The quantitative estimate of drug-likeness (QED) is 0.541. The summed E-state index contributed by atoms with van der Waals surface area (Å²) in [7, 11) is -1.83. The Morgan fingerprint density at radius 1 is 1.17 bits per heavy atom. The van der Waals surface area contributed by atoms with Crippen LogP contribution >= 0.6 is 0 Å². The number of rotatable bonds is 9. The molecule has 0 saturated heterocycles. The first-order valence-corrected chi connectivity index (χ1v) is 7.43. The number of nitrogens with one attached hydrogen (secondary N) is 1. The van der Waals surface area contributed by atoms with Crippen LogP contribution in [0.15, 0.2) is 30.3 Å². The van der Waals surface area contributed by atoms with Crippen LogP contribution in [0.1, 0.15) is 12.0 Å². The lowest BCUT2D eigenvalue weighted by Crippen LogP contribution is -2.28. The van der Waals surface area contributed by atoms with Crippen LogP contribution in [0.25, 0.3) is 0 Å². The molecular formula is C12H19NO4S. The van der Waals surface area contributed by atoms with Gasteiger partial charge in [-0.2, -0.15) is 0 Å². The van der Waals surface area contributed by atoms with Crippen molar-refractivity contribution >= 4 is 10.0 Å². The summed E-state index contributed by atoms with van der Waals surface area (Å²) in [5.74, 6) is 0.0505. The van der Waals surface area contributed by atoms with Gasteiger partial charge in [-0.05, 0) is 18.4 Å². The van der Waals surface area contributed by atoms with Crippen LogP contribution in [-0.2, 0) is 26.0 Å². The molecule has 0 spiro atoms. The number of methoxy groups -OCH3 is 1. The van der Waals surface area contributed by atoms with Gasteiger partial charge in [0.2, 0.25) is 10.0 Å². The second kappa shape index (κ2) is 8.20. The molecule has 0 heterocycles. The molecule has 1 N–H and O–H groups in total. The number of benzene rings is 1. The van der Waals surface area contributed by atoms with Gasteiger partial charge in [0.15, 0.2) is 0 Å². The van der Waals surface area contributed by atoms with Gasteiger partial charge in [0.1, 0.15) is 0 Å². The Kier molecular flexibility index (Phi) is 6.89. The van der Waals surface area contributed by atoms with E-state index >= 15 is 0 Å². The highest BCUT2D eigenvalue weighted by Gasteiger charge is 2.09. The first kappa shape index (κ1) is 15.1. The van der Waals surface area contributed by atoms with E-state index in [2.05, 4.69) is 4.89 Å². The van der Waals surface area contributed by atoms with Crippen molar-refractivity contribution in [1.82, 2.24) is 4.89 Å². The molecule has 0 aliphatic carbocycles. The lowest BCUT2D eigenvalue weighted by Gasteiger charge is -2.06. The molecule has 0 aliphatic heterocycles. The number of hydrogen-bond donors (Lipinski definition) is 1. The van der Waals surface area contributed by atoms with Crippen LogP contribution in [0.5, 0.6) is 0 Å². The molecule has 0 aliphatic rings. The van der Waals surface area contributed by atoms with E-state index in [1.54, 1.807) is 0 Å². The monoisotopic (exact) mass is 273 g/mol. The first-order chi connectivity index (χ1) is 8.64. The van der Waals surface area contributed by atoms with Gasteiger partial charge in [-0.1, -0.05) is 35.2 Å². The SMILES string of the molecule is COCCONS(=O)(=O)CCCc1ccccc1. The van der Waals surface area contributed by atoms with Crippen LogP contribution in [0, 0.1) is 0 Å². The van der Waals surface area contributed by atoms with Crippen molar-refractivity contribution in [1.29, 1.82) is 0 Å². The molecule has 6 heteroatoms. The molecule has 0 bridgehead atoms. The molecule has 1 aromatic rings. The zero-order valence-corrected chi connectivity index (χ0v) is 11.3. The number of sulfonamides is 1. The maximum atomic E-state index is 11.5. The molecule has 102 valence electrons. The van der Waals surface area contributed by atoms with Crippen LogP contribution in [0.3, 0.4) is 0 Å². The second-order valence-electron chi connectivity index (χ2n) is 3.83. The summed E-state index contributed by atoms with van der Waals surface area (Å²) >= 11 is 0. The van der Waals surface area contributed by atoms with E-state index in [1.165, 1.54) is 7.11 Å². The van der Waals surface area contributed by atoms with Gasteiger partial charge in [0.05, 0.1) is 19.0 Å². The van der Waals surface area contributed by atoms with Gasteiger partial charge in [-0.15, -0.1) is 0 Å². The Labute approximate surface area is 108 Å². The summed E-state index contributed by atoms with van der Waals surface area (Å²) in [5.41, 5.74) is 1.13. The fourth-order valence-corrected chi connectivity index (χ4v) is 2.28. The average molecular weight is 273 g/mol. The minimum atomic E-state index is -3.36. The average Bonchev–Trinajstić information content (AvgIpc) is 2.36. The topological polar surface area (TPSA) is 64.6 Å². The molecular weight excluding hydrogens is 254 g/mol. The second-order valence-corrected chi connectivity index (χ2v) is 5.64. The van der Waals surface area contributed by atoms with Gasteiger partial charge in [-0.25, -0.2) is 8.42 Å². The largest absolute Gasteiger partial charge is 0.382 e. The third-order valence-electron chi connectivity index (χ3n) is 2.30. The van der Waals surface area contributed by atoms with Gasteiger partial charge < -0.3 is 4.74 Å².